The summed E-state index contributed by atoms with van der Waals surface area (Å²) in [5.41, 5.74) is 0.0430. The molecule has 0 aromatic heterocycles. The Balaban J connectivity index is 2.47. The molecule has 0 atom stereocenters. The lowest BCUT2D eigenvalue weighted by Gasteiger charge is -2.24. The maximum absolute atomic E-state index is 11.5. The van der Waals surface area contributed by atoms with Crippen molar-refractivity contribution < 1.29 is 14.6 Å². The molecule has 1 aromatic rings. The molecule has 0 radical (unpaired) electrons. The number of carboxylic acids is 1. The van der Waals surface area contributed by atoms with Crippen molar-refractivity contribution in [3.8, 4) is 5.75 Å². The highest BCUT2D eigenvalue weighted by atomic mass is 35.5. The number of ether oxygens (including phenoxy) is 1. The van der Waals surface area contributed by atoms with E-state index in [4.69, 9.17) is 16.3 Å². The first kappa shape index (κ1) is 12.2. The number of carbonyl (C=O) groups is 1. The summed E-state index contributed by atoms with van der Waals surface area (Å²) >= 11 is 5.96. The van der Waals surface area contributed by atoms with Crippen molar-refractivity contribution in [1.29, 1.82) is 0 Å². The summed E-state index contributed by atoms with van der Waals surface area (Å²) in [6.07, 6.45) is 3.29. The number of halogens is 1. The zero-order chi connectivity index (χ0) is 12.5. The lowest BCUT2D eigenvalue weighted by molar-refractivity contribution is -0.143. The molecule has 0 bridgehead atoms. The minimum absolute atomic E-state index is 0.509. The van der Waals surface area contributed by atoms with Crippen LogP contribution in [0.5, 0.6) is 5.75 Å². The van der Waals surface area contributed by atoms with E-state index >= 15 is 0 Å². The van der Waals surface area contributed by atoms with Gasteiger partial charge in [0.15, 0.2) is 0 Å². The maximum atomic E-state index is 11.5. The summed E-state index contributed by atoms with van der Waals surface area (Å²) < 4.78 is 5.15. The van der Waals surface area contributed by atoms with Crippen LogP contribution < -0.4 is 4.74 Å². The predicted octanol–water partition coefficient (Wildman–Crippen LogP) is 3.25. The molecular formula is C13H15ClO3. The molecule has 2 rings (SSSR count). The van der Waals surface area contributed by atoms with Crippen molar-refractivity contribution in [1.82, 2.24) is 0 Å². The third-order valence-electron chi connectivity index (χ3n) is 3.57. The first-order valence-electron chi connectivity index (χ1n) is 5.67. The Morgan fingerprint density at radius 1 is 1.41 bits per heavy atom. The van der Waals surface area contributed by atoms with Crippen LogP contribution in [0.4, 0.5) is 0 Å². The van der Waals surface area contributed by atoms with Crippen LogP contribution in [-0.2, 0) is 10.2 Å². The van der Waals surface area contributed by atoms with E-state index in [1.807, 2.05) is 0 Å². The Bertz CT molecular complexity index is 436. The fourth-order valence-corrected chi connectivity index (χ4v) is 2.76. The van der Waals surface area contributed by atoms with Gasteiger partial charge in [0.25, 0.3) is 0 Å². The van der Waals surface area contributed by atoms with Gasteiger partial charge in [0.1, 0.15) is 5.75 Å². The molecule has 1 aliphatic carbocycles. The Kier molecular flexibility index (Phi) is 3.29. The molecular weight excluding hydrogens is 240 g/mol. The largest absolute Gasteiger partial charge is 0.495 e. The van der Waals surface area contributed by atoms with Crippen molar-refractivity contribution in [3.05, 3.63) is 28.8 Å². The highest BCUT2D eigenvalue weighted by molar-refractivity contribution is 6.32. The van der Waals surface area contributed by atoms with Crippen LogP contribution in [0, 0.1) is 0 Å². The van der Waals surface area contributed by atoms with Crippen LogP contribution in [0.25, 0.3) is 0 Å². The van der Waals surface area contributed by atoms with Crippen molar-refractivity contribution in [2.24, 2.45) is 0 Å². The second-order valence-electron chi connectivity index (χ2n) is 4.44. The van der Waals surface area contributed by atoms with Crippen LogP contribution >= 0.6 is 11.6 Å². The highest BCUT2D eigenvalue weighted by Gasteiger charge is 2.43. The van der Waals surface area contributed by atoms with E-state index in [0.717, 1.165) is 18.4 Å². The van der Waals surface area contributed by atoms with Gasteiger partial charge in [0.2, 0.25) is 0 Å². The van der Waals surface area contributed by atoms with Crippen LogP contribution in [0.3, 0.4) is 0 Å². The van der Waals surface area contributed by atoms with Crippen LogP contribution in [0.2, 0.25) is 5.02 Å². The molecule has 1 aromatic carbocycles. The van der Waals surface area contributed by atoms with E-state index in [1.165, 1.54) is 7.11 Å². The Morgan fingerprint density at radius 3 is 2.59 bits per heavy atom. The van der Waals surface area contributed by atoms with Gasteiger partial charge in [-0.05, 0) is 30.5 Å². The molecule has 1 fully saturated rings. The third kappa shape index (κ3) is 2.00. The van der Waals surface area contributed by atoms with Gasteiger partial charge >= 0.3 is 5.97 Å². The van der Waals surface area contributed by atoms with Crippen molar-refractivity contribution in [2.75, 3.05) is 7.11 Å². The van der Waals surface area contributed by atoms with Gasteiger partial charge in [-0.1, -0.05) is 30.5 Å². The first-order chi connectivity index (χ1) is 8.10. The van der Waals surface area contributed by atoms with Gasteiger partial charge in [0, 0.05) is 0 Å². The maximum Gasteiger partial charge on any atom is 0.314 e. The summed E-state index contributed by atoms with van der Waals surface area (Å²) in [7, 11) is 1.53. The zero-order valence-corrected chi connectivity index (χ0v) is 10.5. The average molecular weight is 255 g/mol. The number of hydrogen-bond acceptors (Lipinski definition) is 2. The molecule has 0 aliphatic heterocycles. The zero-order valence-electron chi connectivity index (χ0n) is 9.70. The average Bonchev–Trinajstić information content (AvgIpc) is 2.80. The summed E-state index contributed by atoms with van der Waals surface area (Å²) in [6.45, 7) is 0. The van der Waals surface area contributed by atoms with Gasteiger partial charge in [0.05, 0.1) is 17.5 Å². The van der Waals surface area contributed by atoms with Gasteiger partial charge in [-0.15, -0.1) is 0 Å². The fraction of sp³-hybridized carbons (Fsp3) is 0.462. The standard InChI is InChI=1S/C13H15ClO3/c1-17-11-8-9(4-5-10(11)14)13(12(15)16)6-2-3-7-13/h4-5,8H,2-3,6-7H2,1H3,(H,15,16). The quantitative estimate of drug-likeness (QED) is 0.901. The van der Waals surface area contributed by atoms with Crippen LogP contribution in [0.1, 0.15) is 31.2 Å². The molecule has 0 saturated heterocycles. The second-order valence-corrected chi connectivity index (χ2v) is 4.85. The van der Waals surface area contributed by atoms with E-state index in [-0.39, 0.29) is 0 Å². The molecule has 3 nitrogen and oxygen atoms in total. The number of rotatable bonds is 3. The summed E-state index contributed by atoms with van der Waals surface area (Å²) in [5.74, 6) is -0.212. The van der Waals surface area contributed by atoms with E-state index in [2.05, 4.69) is 0 Å². The molecule has 0 unspecified atom stereocenters. The van der Waals surface area contributed by atoms with E-state index in [0.29, 0.717) is 23.6 Å². The molecule has 0 heterocycles. The molecule has 92 valence electrons. The fourth-order valence-electron chi connectivity index (χ4n) is 2.56. The number of hydrogen-bond donors (Lipinski definition) is 1. The molecule has 1 saturated carbocycles. The van der Waals surface area contributed by atoms with E-state index in [9.17, 15) is 9.90 Å². The molecule has 1 aliphatic rings. The third-order valence-corrected chi connectivity index (χ3v) is 3.88. The molecule has 1 N–H and O–H groups in total. The highest BCUT2D eigenvalue weighted by Crippen LogP contribution is 2.43. The predicted molar refractivity (Wildman–Crippen MR) is 65.8 cm³/mol. The van der Waals surface area contributed by atoms with Gasteiger partial charge in [-0.25, -0.2) is 0 Å². The summed E-state index contributed by atoms with van der Waals surface area (Å²) in [6, 6.07) is 5.25. The normalized spacial score (nSPS) is 18.0. The Morgan fingerprint density at radius 2 is 2.06 bits per heavy atom. The molecule has 17 heavy (non-hydrogen) atoms. The van der Waals surface area contributed by atoms with Gasteiger partial charge < -0.3 is 9.84 Å². The minimum Gasteiger partial charge on any atom is -0.495 e. The SMILES string of the molecule is COc1cc(C2(C(=O)O)CCCC2)ccc1Cl. The number of aliphatic carboxylic acids is 1. The smallest absolute Gasteiger partial charge is 0.314 e. The van der Waals surface area contributed by atoms with Gasteiger partial charge in [-0.3, -0.25) is 4.79 Å². The summed E-state index contributed by atoms with van der Waals surface area (Å²) in [4.78, 5) is 11.5. The van der Waals surface area contributed by atoms with E-state index < -0.39 is 11.4 Å². The summed E-state index contributed by atoms with van der Waals surface area (Å²) in [5, 5.41) is 9.99. The lowest BCUT2D eigenvalue weighted by Crippen LogP contribution is -2.32. The molecule has 4 heteroatoms. The number of methoxy groups -OCH3 is 1. The van der Waals surface area contributed by atoms with E-state index in [1.54, 1.807) is 18.2 Å². The van der Waals surface area contributed by atoms with Crippen LogP contribution in [0.15, 0.2) is 18.2 Å². The Labute approximate surface area is 105 Å². The topological polar surface area (TPSA) is 46.5 Å². The lowest BCUT2D eigenvalue weighted by atomic mass is 9.79. The number of carboxylic acid groups (broad SMARTS) is 1. The van der Waals surface area contributed by atoms with Gasteiger partial charge in [-0.2, -0.15) is 0 Å². The monoisotopic (exact) mass is 254 g/mol. The van der Waals surface area contributed by atoms with Crippen molar-refractivity contribution in [2.45, 2.75) is 31.1 Å². The Hall–Kier alpha value is -1.22. The number of benzene rings is 1. The van der Waals surface area contributed by atoms with Crippen molar-refractivity contribution in [3.63, 3.8) is 0 Å². The van der Waals surface area contributed by atoms with Crippen molar-refractivity contribution >= 4 is 17.6 Å². The molecule has 0 spiro atoms. The first-order valence-corrected chi connectivity index (χ1v) is 6.05. The minimum atomic E-state index is -0.752. The van der Waals surface area contributed by atoms with Crippen LogP contribution in [-0.4, -0.2) is 18.2 Å². The second kappa shape index (κ2) is 4.57. The molecule has 0 amide bonds.